The monoisotopic (exact) mass is 255 g/mol. The molecule has 0 bridgehead atoms. The molecule has 1 heterocycles. The molecule has 0 saturated heterocycles. The third kappa shape index (κ3) is 1.68. The molecular weight excluding hydrogens is 238 g/mol. The summed E-state index contributed by atoms with van der Waals surface area (Å²) in [5.41, 5.74) is 8.54. The van der Waals surface area contributed by atoms with Gasteiger partial charge in [-0.2, -0.15) is 0 Å². The van der Waals surface area contributed by atoms with Crippen molar-refractivity contribution in [2.24, 2.45) is 0 Å². The lowest BCUT2D eigenvalue weighted by Crippen LogP contribution is -2.10. The second kappa shape index (κ2) is 3.72. The van der Waals surface area contributed by atoms with E-state index in [0.717, 1.165) is 5.69 Å². The second-order valence-electron chi connectivity index (χ2n) is 5.78. The molecule has 0 atom stereocenters. The first-order valence-electron chi connectivity index (χ1n) is 6.18. The highest BCUT2D eigenvalue weighted by Gasteiger charge is 2.15. The van der Waals surface area contributed by atoms with Crippen molar-refractivity contribution in [3.8, 4) is 0 Å². The SMILES string of the molecule is CC(C)(C)c1ccc2sc3cccc(N)c3c2c1. The summed E-state index contributed by atoms with van der Waals surface area (Å²) in [6.07, 6.45) is 0. The number of hydrogen-bond donors (Lipinski definition) is 1. The van der Waals surface area contributed by atoms with E-state index in [1.165, 1.54) is 25.7 Å². The maximum atomic E-state index is 6.13. The quantitative estimate of drug-likeness (QED) is 0.566. The Morgan fingerprint density at radius 1 is 1.00 bits per heavy atom. The van der Waals surface area contributed by atoms with Crippen LogP contribution in [-0.4, -0.2) is 0 Å². The van der Waals surface area contributed by atoms with Crippen molar-refractivity contribution < 1.29 is 0 Å². The summed E-state index contributed by atoms with van der Waals surface area (Å²) < 4.78 is 2.59. The molecule has 3 rings (SSSR count). The number of nitrogens with two attached hydrogens (primary N) is 1. The van der Waals surface area contributed by atoms with Crippen LogP contribution >= 0.6 is 11.3 Å². The topological polar surface area (TPSA) is 26.0 Å². The molecule has 2 aromatic carbocycles. The van der Waals surface area contributed by atoms with E-state index in [2.05, 4.69) is 45.0 Å². The molecule has 92 valence electrons. The molecule has 2 heteroatoms. The van der Waals surface area contributed by atoms with E-state index in [4.69, 9.17) is 5.73 Å². The minimum absolute atomic E-state index is 0.173. The number of fused-ring (bicyclic) bond motifs is 3. The van der Waals surface area contributed by atoms with Crippen LogP contribution in [0.2, 0.25) is 0 Å². The van der Waals surface area contributed by atoms with Crippen LogP contribution < -0.4 is 5.73 Å². The predicted octanol–water partition coefficient (Wildman–Crippen LogP) is 4.93. The molecule has 0 fully saturated rings. The third-order valence-electron chi connectivity index (χ3n) is 3.39. The molecule has 3 aromatic rings. The zero-order chi connectivity index (χ0) is 12.9. The number of anilines is 1. The van der Waals surface area contributed by atoms with Gasteiger partial charge in [-0.25, -0.2) is 0 Å². The number of benzene rings is 2. The van der Waals surface area contributed by atoms with E-state index in [1.807, 2.05) is 23.5 Å². The maximum Gasteiger partial charge on any atom is 0.0408 e. The van der Waals surface area contributed by atoms with E-state index >= 15 is 0 Å². The average molecular weight is 255 g/mol. The van der Waals surface area contributed by atoms with Crippen molar-refractivity contribution in [2.75, 3.05) is 5.73 Å². The van der Waals surface area contributed by atoms with Crippen LogP contribution in [0.3, 0.4) is 0 Å². The summed E-state index contributed by atoms with van der Waals surface area (Å²) in [4.78, 5) is 0. The van der Waals surface area contributed by atoms with E-state index in [-0.39, 0.29) is 5.41 Å². The molecule has 2 N–H and O–H groups in total. The van der Waals surface area contributed by atoms with Gasteiger partial charge in [0.25, 0.3) is 0 Å². The van der Waals surface area contributed by atoms with Gasteiger partial charge in [0.15, 0.2) is 0 Å². The van der Waals surface area contributed by atoms with Crippen molar-refractivity contribution in [1.29, 1.82) is 0 Å². The Hall–Kier alpha value is -1.54. The molecule has 0 aliphatic carbocycles. The molecule has 0 spiro atoms. The van der Waals surface area contributed by atoms with E-state index < -0.39 is 0 Å². The van der Waals surface area contributed by atoms with Gasteiger partial charge in [0, 0.05) is 25.9 Å². The second-order valence-corrected chi connectivity index (χ2v) is 6.87. The Kier molecular flexibility index (Phi) is 2.39. The normalized spacial score (nSPS) is 12.4. The van der Waals surface area contributed by atoms with Crippen LogP contribution in [0.5, 0.6) is 0 Å². The van der Waals surface area contributed by atoms with E-state index in [0.29, 0.717) is 0 Å². The Bertz CT molecular complexity index is 732. The largest absolute Gasteiger partial charge is 0.398 e. The summed E-state index contributed by atoms with van der Waals surface area (Å²) in [5.74, 6) is 0. The molecule has 1 nitrogen and oxygen atoms in total. The Morgan fingerprint density at radius 3 is 2.50 bits per heavy atom. The highest BCUT2D eigenvalue weighted by Crippen LogP contribution is 2.38. The van der Waals surface area contributed by atoms with E-state index in [1.54, 1.807) is 0 Å². The first kappa shape index (κ1) is 11.5. The van der Waals surface area contributed by atoms with Crippen LogP contribution in [0.25, 0.3) is 20.2 Å². The Balaban J connectivity index is 2.42. The van der Waals surface area contributed by atoms with Crippen molar-refractivity contribution in [3.05, 3.63) is 42.0 Å². The smallest absolute Gasteiger partial charge is 0.0408 e. The lowest BCUT2D eigenvalue weighted by molar-refractivity contribution is 0.591. The summed E-state index contributed by atoms with van der Waals surface area (Å²) in [6.45, 7) is 6.73. The lowest BCUT2D eigenvalue weighted by atomic mass is 9.86. The zero-order valence-electron chi connectivity index (χ0n) is 10.9. The van der Waals surface area contributed by atoms with Gasteiger partial charge >= 0.3 is 0 Å². The van der Waals surface area contributed by atoms with Gasteiger partial charge in [0.2, 0.25) is 0 Å². The van der Waals surface area contributed by atoms with Crippen LogP contribution in [-0.2, 0) is 5.41 Å². The molecule has 0 radical (unpaired) electrons. The van der Waals surface area contributed by atoms with Crippen molar-refractivity contribution in [3.63, 3.8) is 0 Å². The van der Waals surface area contributed by atoms with Gasteiger partial charge in [-0.1, -0.05) is 32.9 Å². The van der Waals surface area contributed by atoms with Crippen LogP contribution in [0.1, 0.15) is 26.3 Å². The first-order chi connectivity index (χ1) is 8.47. The van der Waals surface area contributed by atoms with E-state index in [9.17, 15) is 0 Å². The molecule has 0 unspecified atom stereocenters. The number of nitrogen functional groups attached to an aromatic ring is 1. The van der Waals surface area contributed by atoms with Gasteiger partial charge in [0.1, 0.15) is 0 Å². The lowest BCUT2D eigenvalue weighted by Gasteiger charge is -2.18. The minimum Gasteiger partial charge on any atom is -0.398 e. The Morgan fingerprint density at radius 2 is 1.78 bits per heavy atom. The molecule has 18 heavy (non-hydrogen) atoms. The highest BCUT2D eigenvalue weighted by molar-refractivity contribution is 7.25. The summed E-state index contributed by atoms with van der Waals surface area (Å²) in [5, 5.41) is 2.50. The fourth-order valence-electron chi connectivity index (χ4n) is 2.32. The summed E-state index contributed by atoms with van der Waals surface area (Å²) >= 11 is 1.82. The standard InChI is InChI=1S/C16H17NS/c1-16(2,3)10-7-8-13-11(9-10)15-12(17)5-4-6-14(15)18-13/h4-9H,17H2,1-3H3. The maximum absolute atomic E-state index is 6.13. The predicted molar refractivity (Wildman–Crippen MR) is 82.4 cm³/mol. The number of rotatable bonds is 0. The van der Waals surface area contributed by atoms with Gasteiger partial charge in [0.05, 0.1) is 0 Å². The molecule has 0 saturated carbocycles. The van der Waals surface area contributed by atoms with Crippen molar-refractivity contribution >= 4 is 37.2 Å². The fraction of sp³-hybridized carbons (Fsp3) is 0.250. The van der Waals surface area contributed by atoms with Crippen molar-refractivity contribution in [1.82, 2.24) is 0 Å². The molecule has 0 aliphatic heterocycles. The first-order valence-corrected chi connectivity index (χ1v) is 7.00. The average Bonchev–Trinajstić information content (AvgIpc) is 2.66. The molecule has 0 aliphatic rings. The summed E-state index contributed by atoms with van der Waals surface area (Å²) in [6, 6.07) is 12.9. The van der Waals surface area contributed by atoms with Crippen LogP contribution in [0, 0.1) is 0 Å². The zero-order valence-corrected chi connectivity index (χ0v) is 11.8. The molecular formula is C16H17NS. The van der Waals surface area contributed by atoms with Gasteiger partial charge in [-0.15, -0.1) is 11.3 Å². The molecule has 0 amide bonds. The van der Waals surface area contributed by atoms with Gasteiger partial charge in [-0.05, 0) is 35.2 Å². The molecule has 1 aromatic heterocycles. The van der Waals surface area contributed by atoms with Crippen LogP contribution in [0.15, 0.2) is 36.4 Å². The van der Waals surface area contributed by atoms with Gasteiger partial charge < -0.3 is 5.73 Å². The van der Waals surface area contributed by atoms with Crippen LogP contribution in [0.4, 0.5) is 5.69 Å². The van der Waals surface area contributed by atoms with Gasteiger partial charge in [-0.3, -0.25) is 0 Å². The minimum atomic E-state index is 0.173. The third-order valence-corrected chi connectivity index (χ3v) is 4.53. The number of hydrogen-bond acceptors (Lipinski definition) is 2. The highest BCUT2D eigenvalue weighted by atomic mass is 32.1. The number of thiophene rings is 1. The van der Waals surface area contributed by atoms with Crippen molar-refractivity contribution in [2.45, 2.75) is 26.2 Å². The Labute approximate surface area is 111 Å². The fourth-order valence-corrected chi connectivity index (χ4v) is 3.44. The summed E-state index contributed by atoms with van der Waals surface area (Å²) in [7, 11) is 0.